The predicted octanol–water partition coefficient (Wildman–Crippen LogP) is 4.91. The van der Waals surface area contributed by atoms with Gasteiger partial charge in [0.15, 0.2) is 0 Å². The molecule has 30 heavy (non-hydrogen) atoms. The summed E-state index contributed by atoms with van der Waals surface area (Å²) >= 11 is 0. The molecule has 0 aromatic heterocycles. The highest BCUT2D eigenvalue weighted by Gasteiger charge is 2.19. The number of nitrogens with zero attached hydrogens (tertiary/aromatic N) is 1. The minimum atomic E-state index is -3.44. The van der Waals surface area contributed by atoms with Gasteiger partial charge >= 0.3 is 0 Å². The molecule has 0 spiro atoms. The van der Waals surface area contributed by atoms with Gasteiger partial charge in [-0.1, -0.05) is 63.4 Å². The van der Waals surface area contributed by atoms with Crippen LogP contribution in [0.4, 0.5) is 5.69 Å². The predicted molar refractivity (Wildman–Crippen MR) is 124 cm³/mol. The van der Waals surface area contributed by atoms with E-state index in [1.165, 1.54) is 23.4 Å². The molecule has 2 aromatic carbocycles. The van der Waals surface area contributed by atoms with E-state index in [0.717, 1.165) is 24.0 Å². The minimum absolute atomic E-state index is 0.0876. The summed E-state index contributed by atoms with van der Waals surface area (Å²) in [4.78, 5) is 12.5. The van der Waals surface area contributed by atoms with E-state index < -0.39 is 10.0 Å². The van der Waals surface area contributed by atoms with Gasteiger partial charge in [-0.15, -0.1) is 0 Å². The van der Waals surface area contributed by atoms with Crippen LogP contribution in [-0.4, -0.2) is 27.1 Å². The monoisotopic (exact) mass is 430 g/mol. The first-order valence-corrected chi connectivity index (χ1v) is 12.5. The molecule has 164 valence electrons. The van der Waals surface area contributed by atoms with Crippen molar-refractivity contribution in [2.45, 2.75) is 53.0 Å². The lowest BCUT2D eigenvalue weighted by Crippen LogP contribution is -2.30. The number of unbranched alkanes of at least 4 members (excludes halogenated alkanes) is 1. The average Bonchev–Trinajstić information content (AvgIpc) is 2.72. The van der Waals surface area contributed by atoms with E-state index in [4.69, 9.17) is 0 Å². The summed E-state index contributed by atoms with van der Waals surface area (Å²) in [5.41, 5.74) is 2.98. The molecule has 0 unspecified atom stereocenters. The fourth-order valence-corrected chi connectivity index (χ4v) is 4.38. The molecule has 1 N–H and O–H groups in total. The second kappa shape index (κ2) is 11.2. The van der Waals surface area contributed by atoms with Crippen molar-refractivity contribution in [2.24, 2.45) is 5.92 Å². The van der Waals surface area contributed by atoms with Gasteiger partial charge in [0.1, 0.15) is 0 Å². The van der Waals surface area contributed by atoms with E-state index in [0.29, 0.717) is 23.7 Å². The summed E-state index contributed by atoms with van der Waals surface area (Å²) in [5.74, 6) is 0.418. The molecule has 0 radical (unpaired) electrons. The maximum absolute atomic E-state index is 12.5. The number of carbonyl (C=O) groups excluding carboxylic acids is 1. The zero-order valence-corrected chi connectivity index (χ0v) is 19.3. The van der Waals surface area contributed by atoms with E-state index in [1.54, 1.807) is 18.2 Å². The maximum atomic E-state index is 12.5. The maximum Gasteiger partial charge on any atom is 0.251 e. The first kappa shape index (κ1) is 23.9. The summed E-state index contributed by atoms with van der Waals surface area (Å²) in [7, 11) is -3.44. The first-order valence-electron chi connectivity index (χ1n) is 10.7. The van der Waals surface area contributed by atoms with Gasteiger partial charge in [-0.25, -0.2) is 8.42 Å². The molecule has 1 amide bonds. The number of para-hydroxylation sites is 1. The Morgan fingerprint density at radius 3 is 2.30 bits per heavy atom. The summed E-state index contributed by atoms with van der Waals surface area (Å²) in [6.45, 7) is 7.14. The molecule has 5 nitrogen and oxygen atoms in total. The Balaban J connectivity index is 2.07. The highest BCUT2D eigenvalue weighted by molar-refractivity contribution is 7.92. The number of anilines is 1. The van der Waals surface area contributed by atoms with Crippen molar-refractivity contribution >= 4 is 21.6 Å². The SMILES string of the molecule is CCCC[C@H](CC)CNC(=O)c1ccc(CN(c2ccccc2C)S(C)(=O)=O)cc1. The Morgan fingerprint density at radius 2 is 1.73 bits per heavy atom. The van der Waals surface area contributed by atoms with Crippen LogP contribution in [0.1, 0.15) is 61.0 Å². The van der Waals surface area contributed by atoms with Gasteiger partial charge < -0.3 is 5.32 Å². The highest BCUT2D eigenvalue weighted by Crippen LogP contribution is 2.24. The number of hydrogen-bond acceptors (Lipinski definition) is 3. The molecule has 0 saturated heterocycles. The van der Waals surface area contributed by atoms with Crippen molar-refractivity contribution in [3.8, 4) is 0 Å². The van der Waals surface area contributed by atoms with Crippen LogP contribution >= 0.6 is 0 Å². The lowest BCUT2D eigenvalue weighted by molar-refractivity contribution is 0.0946. The van der Waals surface area contributed by atoms with Crippen LogP contribution in [0.2, 0.25) is 0 Å². The van der Waals surface area contributed by atoms with E-state index in [1.807, 2.05) is 37.3 Å². The molecule has 1 atom stereocenters. The van der Waals surface area contributed by atoms with Crippen LogP contribution in [0.5, 0.6) is 0 Å². The standard InChI is InChI=1S/C24H34N2O3S/c1-5-7-11-20(6-2)17-25-24(27)22-15-13-21(14-16-22)18-26(30(4,28)29)23-12-9-8-10-19(23)3/h8-10,12-16,20H,5-7,11,17-18H2,1-4H3,(H,25,27)/t20-/m0/s1. The van der Waals surface area contributed by atoms with Crippen molar-refractivity contribution in [3.63, 3.8) is 0 Å². The van der Waals surface area contributed by atoms with Gasteiger partial charge in [0.05, 0.1) is 18.5 Å². The third kappa shape index (κ3) is 6.87. The summed E-state index contributed by atoms with van der Waals surface area (Å²) in [6, 6.07) is 14.6. The molecule has 2 rings (SSSR count). The molecule has 0 heterocycles. The van der Waals surface area contributed by atoms with Crippen molar-refractivity contribution in [1.29, 1.82) is 0 Å². The third-order valence-electron chi connectivity index (χ3n) is 5.42. The number of carbonyl (C=O) groups is 1. The second-order valence-corrected chi connectivity index (χ2v) is 9.79. The molecule has 0 saturated carbocycles. The Bertz CT molecular complexity index is 924. The van der Waals surface area contributed by atoms with Gasteiger partial charge in [-0.05, 0) is 48.6 Å². The molecule has 0 aliphatic carbocycles. The fourth-order valence-electron chi connectivity index (χ4n) is 3.43. The van der Waals surface area contributed by atoms with Gasteiger partial charge in [0.25, 0.3) is 5.91 Å². The Labute approximate surface area is 181 Å². The number of rotatable bonds is 11. The number of amides is 1. The van der Waals surface area contributed by atoms with Gasteiger partial charge in [-0.2, -0.15) is 0 Å². The molecule has 0 aliphatic heterocycles. The molecule has 0 fully saturated rings. The van der Waals surface area contributed by atoms with Gasteiger partial charge in [-0.3, -0.25) is 9.10 Å². The largest absolute Gasteiger partial charge is 0.352 e. The molecular formula is C24H34N2O3S. The second-order valence-electron chi connectivity index (χ2n) is 7.88. The summed E-state index contributed by atoms with van der Waals surface area (Å²) in [5, 5.41) is 3.03. The van der Waals surface area contributed by atoms with Crippen molar-refractivity contribution in [2.75, 3.05) is 17.1 Å². The summed E-state index contributed by atoms with van der Waals surface area (Å²) in [6.07, 6.45) is 5.75. The van der Waals surface area contributed by atoms with Gasteiger partial charge in [0.2, 0.25) is 10.0 Å². The zero-order valence-electron chi connectivity index (χ0n) is 18.5. The average molecular weight is 431 g/mol. The molecule has 0 aliphatic rings. The van der Waals surface area contributed by atoms with Crippen LogP contribution in [0.25, 0.3) is 0 Å². The van der Waals surface area contributed by atoms with Crippen LogP contribution in [0.3, 0.4) is 0 Å². The van der Waals surface area contributed by atoms with E-state index in [2.05, 4.69) is 19.2 Å². The number of aryl methyl sites for hydroxylation is 1. The van der Waals surface area contributed by atoms with Crippen LogP contribution in [0, 0.1) is 12.8 Å². The lowest BCUT2D eigenvalue weighted by atomic mass is 9.99. The van der Waals surface area contributed by atoms with Crippen LogP contribution < -0.4 is 9.62 Å². The van der Waals surface area contributed by atoms with Gasteiger partial charge in [0, 0.05) is 12.1 Å². The minimum Gasteiger partial charge on any atom is -0.352 e. The first-order chi connectivity index (χ1) is 14.3. The Morgan fingerprint density at radius 1 is 1.07 bits per heavy atom. The quantitative estimate of drug-likeness (QED) is 0.551. The van der Waals surface area contributed by atoms with Crippen molar-refractivity contribution in [1.82, 2.24) is 5.32 Å². The smallest absolute Gasteiger partial charge is 0.251 e. The zero-order chi connectivity index (χ0) is 22.1. The molecule has 0 bridgehead atoms. The van der Waals surface area contributed by atoms with Crippen LogP contribution in [0.15, 0.2) is 48.5 Å². The topological polar surface area (TPSA) is 66.5 Å². The third-order valence-corrected chi connectivity index (χ3v) is 6.55. The van der Waals surface area contributed by atoms with Crippen molar-refractivity contribution in [3.05, 3.63) is 65.2 Å². The normalized spacial score (nSPS) is 12.4. The van der Waals surface area contributed by atoms with E-state index >= 15 is 0 Å². The van der Waals surface area contributed by atoms with Crippen molar-refractivity contribution < 1.29 is 13.2 Å². The van der Waals surface area contributed by atoms with E-state index in [9.17, 15) is 13.2 Å². The molecular weight excluding hydrogens is 396 g/mol. The van der Waals surface area contributed by atoms with E-state index in [-0.39, 0.29) is 12.5 Å². The highest BCUT2D eigenvalue weighted by atomic mass is 32.2. The summed E-state index contributed by atoms with van der Waals surface area (Å²) < 4.78 is 26.2. The Hall–Kier alpha value is -2.34. The number of benzene rings is 2. The number of nitrogens with one attached hydrogen (secondary N) is 1. The number of hydrogen-bond donors (Lipinski definition) is 1. The lowest BCUT2D eigenvalue weighted by Gasteiger charge is -2.24. The number of sulfonamides is 1. The molecule has 6 heteroatoms. The fraction of sp³-hybridized carbons (Fsp3) is 0.458. The Kier molecular flexibility index (Phi) is 8.90. The van der Waals surface area contributed by atoms with Crippen LogP contribution in [-0.2, 0) is 16.6 Å². The molecule has 2 aromatic rings.